The Morgan fingerprint density at radius 1 is 0.939 bits per heavy atom. The molecule has 1 saturated heterocycles. The van der Waals surface area contributed by atoms with Crippen molar-refractivity contribution in [1.82, 2.24) is 0 Å². The molecule has 1 unspecified atom stereocenters. The molecule has 6 heteroatoms. The van der Waals surface area contributed by atoms with Crippen molar-refractivity contribution in [2.45, 2.75) is 31.7 Å². The van der Waals surface area contributed by atoms with Gasteiger partial charge in [-0.3, -0.25) is 14.7 Å². The fraction of sp³-hybridized carbons (Fsp3) is 0.185. The van der Waals surface area contributed by atoms with Gasteiger partial charge in [-0.05, 0) is 67.9 Å². The zero-order valence-electron chi connectivity index (χ0n) is 18.9. The summed E-state index contributed by atoms with van der Waals surface area (Å²) in [5.74, 6) is -0.0154. The van der Waals surface area contributed by atoms with Crippen LogP contribution >= 0.6 is 23.5 Å². The predicted molar refractivity (Wildman–Crippen MR) is 141 cm³/mol. The minimum Gasteiger partial charge on any atom is -0.334 e. The van der Waals surface area contributed by atoms with E-state index >= 15 is 0 Å². The van der Waals surface area contributed by atoms with Gasteiger partial charge in [-0.1, -0.05) is 66.4 Å². The SMILES string of the molecule is CCN1/C(=C2/SC(=NC(C)c3ccccc3)N(c3cccc(C)c3)C2=O)Sc2ccccc21. The van der Waals surface area contributed by atoms with Crippen molar-refractivity contribution in [1.29, 1.82) is 0 Å². The number of carbonyl (C=O) groups is 1. The first-order valence-electron chi connectivity index (χ1n) is 11.1. The van der Waals surface area contributed by atoms with Gasteiger partial charge >= 0.3 is 0 Å². The molecule has 3 aromatic carbocycles. The number of aliphatic imine (C=N–C) groups is 1. The van der Waals surface area contributed by atoms with Gasteiger partial charge in [-0.25, -0.2) is 0 Å². The summed E-state index contributed by atoms with van der Waals surface area (Å²) in [4.78, 5) is 24.8. The number of benzene rings is 3. The normalized spacial score (nSPS) is 20.0. The highest BCUT2D eigenvalue weighted by atomic mass is 32.2. The number of hydrogen-bond donors (Lipinski definition) is 0. The van der Waals surface area contributed by atoms with Crippen LogP contribution in [0.15, 0.2) is 98.7 Å². The van der Waals surface area contributed by atoms with Crippen LogP contribution in [0.1, 0.15) is 31.0 Å². The highest BCUT2D eigenvalue weighted by Crippen LogP contribution is 2.51. The van der Waals surface area contributed by atoms with E-state index in [1.54, 1.807) is 16.7 Å². The Labute approximate surface area is 203 Å². The predicted octanol–water partition coefficient (Wildman–Crippen LogP) is 6.99. The van der Waals surface area contributed by atoms with Gasteiger partial charge in [0.1, 0.15) is 9.93 Å². The van der Waals surface area contributed by atoms with E-state index in [0.717, 1.165) is 44.1 Å². The fourth-order valence-corrected chi connectivity index (χ4v) is 6.53. The average Bonchev–Trinajstić information content (AvgIpc) is 3.36. The highest BCUT2D eigenvalue weighted by molar-refractivity contribution is 8.20. The molecule has 0 bridgehead atoms. The Bertz CT molecular complexity index is 1270. The van der Waals surface area contributed by atoms with E-state index in [4.69, 9.17) is 4.99 Å². The number of amides is 1. The maximum absolute atomic E-state index is 13.9. The number of nitrogens with zero attached hydrogens (tertiary/aromatic N) is 3. The molecule has 3 aromatic rings. The molecule has 166 valence electrons. The lowest BCUT2D eigenvalue weighted by atomic mass is 10.1. The van der Waals surface area contributed by atoms with Gasteiger partial charge < -0.3 is 4.90 Å². The van der Waals surface area contributed by atoms with E-state index in [1.165, 1.54) is 16.7 Å². The second kappa shape index (κ2) is 9.12. The monoisotopic (exact) mass is 471 g/mol. The number of para-hydroxylation sites is 1. The van der Waals surface area contributed by atoms with Crippen LogP contribution in [-0.4, -0.2) is 17.6 Å². The lowest BCUT2D eigenvalue weighted by Gasteiger charge is -2.19. The molecule has 2 aliphatic heterocycles. The van der Waals surface area contributed by atoms with Gasteiger partial charge in [0.2, 0.25) is 0 Å². The molecule has 4 nitrogen and oxygen atoms in total. The van der Waals surface area contributed by atoms with E-state index < -0.39 is 0 Å². The smallest absolute Gasteiger partial charge is 0.274 e. The molecule has 1 fully saturated rings. The molecule has 0 aliphatic carbocycles. The van der Waals surface area contributed by atoms with Gasteiger partial charge in [0.15, 0.2) is 5.17 Å². The molecule has 2 heterocycles. The number of carbonyl (C=O) groups excluding carboxylic acids is 1. The summed E-state index contributed by atoms with van der Waals surface area (Å²) in [5.41, 5.74) is 4.25. The molecule has 1 atom stereocenters. The molecule has 0 aromatic heterocycles. The van der Waals surface area contributed by atoms with Crippen LogP contribution in [0, 0.1) is 6.92 Å². The van der Waals surface area contributed by atoms with Crippen molar-refractivity contribution in [3.05, 3.63) is 99.9 Å². The van der Waals surface area contributed by atoms with Gasteiger partial charge in [-0.15, -0.1) is 0 Å². The molecule has 33 heavy (non-hydrogen) atoms. The number of rotatable bonds is 4. The minimum absolute atomic E-state index is 0.0154. The highest BCUT2D eigenvalue weighted by Gasteiger charge is 2.40. The molecule has 0 N–H and O–H groups in total. The Morgan fingerprint density at radius 2 is 1.70 bits per heavy atom. The minimum atomic E-state index is -0.0612. The third-order valence-corrected chi connectivity index (χ3v) is 8.10. The second-order valence-electron chi connectivity index (χ2n) is 8.03. The first kappa shape index (κ1) is 21.9. The van der Waals surface area contributed by atoms with Crippen LogP contribution in [0.2, 0.25) is 0 Å². The summed E-state index contributed by atoms with van der Waals surface area (Å²) in [6, 6.07) is 26.5. The van der Waals surface area contributed by atoms with Crippen molar-refractivity contribution in [2.24, 2.45) is 4.99 Å². The number of aryl methyl sites for hydroxylation is 1. The van der Waals surface area contributed by atoms with Gasteiger partial charge in [-0.2, -0.15) is 0 Å². The van der Waals surface area contributed by atoms with Gasteiger partial charge in [0.25, 0.3) is 5.91 Å². The molecule has 0 radical (unpaired) electrons. The van der Waals surface area contributed by atoms with E-state index in [9.17, 15) is 4.79 Å². The maximum Gasteiger partial charge on any atom is 0.274 e. The quantitative estimate of drug-likeness (QED) is 0.384. The van der Waals surface area contributed by atoms with Crippen LogP contribution < -0.4 is 9.80 Å². The molecule has 5 rings (SSSR count). The summed E-state index contributed by atoms with van der Waals surface area (Å²) >= 11 is 3.15. The lowest BCUT2D eigenvalue weighted by molar-refractivity contribution is -0.113. The average molecular weight is 472 g/mol. The summed E-state index contributed by atoms with van der Waals surface area (Å²) in [6.45, 7) is 7.04. The van der Waals surface area contributed by atoms with Gasteiger partial charge in [0, 0.05) is 11.4 Å². The third kappa shape index (κ3) is 4.09. The van der Waals surface area contributed by atoms with Crippen molar-refractivity contribution in [3.8, 4) is 0 Å². The van der Waals surface area contributed by atoms with Crippen molar-refractivity contribution >= 4 is 46.0 Å². The fourth-order valence-electron chi connectivity index (χ4n) is 4.07. The van der Waals surface area contributed by atoms with E-state index in [0.29, 0.717) is 0 Å². The van der Waals surface area contributed by atoms with Crippen molar-refractivity contribution < 1.29 is 4.79 Å². The Balaban J connectivity index is 1.61. The van der Waals surface area contributed by atoms with Gasteiger partial charge in [0.05, 0.1) is 17.4 Å². The van der Waals surface area contributed by atoms with Crippen LogP contribution in [-0.2, 0) is 4.79 Å². The summed E-state index contributed by atoms with van der Waals surface area (Å²) < 4.78 is 0. The Hall–Kier alpha value is -2.96. The third-order valence-electron chi connectivity index (χ3n) is 5.75. The number of anilines is 2. The molecule has 2 aliphatic rings. The molecule has 0 spiro atoms. The number of amidine groups is 1. The number of fused-ring (bicyclic) bond motifs is 1. The van der Waals surface area contributed by atoms with Crippen LogP contribution in [0.4, 0.5) is 11.4 Å². The Morgan fingerprint density at radius 3 is 2.45 bits per heavy atom. The van der Waals surface area contributed by atoms with Crippen LogP contribution in [0.25, 0.3) is 0 Å². The van der Waals surface area contributed by atoms with Crippen molar-refractivity contribution in [3.63, 3.8) is 0 Å². The first-order valence-corrected chi connectivity index (χ1v) is 12.7. The summed E-state index contributed by atoms with van der Waals surface area (Å²) in [5, 5.41) is 1.71. The van der Waals surface area contributed by atoms with E-state index in [2.05, 4.69) is 43.0 Å². The summed E-state index contributed by atoms with van der Waals surface area (Å²) in [7, 11) is 0. The van der Waals surface area contributed by atoms with Crippen molar-refractivity contribution in [2.75, 3.05) is 16.3 Å². The Kier molecular flexibility index (Phi) is 6.04. The maximum atomic E-state index is 13.9. The zero-order chi connectivity index (χ0) is 22.9. The topological polar surface area (TPSA) is 35.9 Å². The molecule has 0 saturated carbocycles. The second-order valence-corrected chi connectivity index (χ2v) is 10.0. The van der Waals surface area contributed by atoms with Crippen LogP contribution in [0.5, 0.6) is 0 Å². The molecular weight excluding hydrogens is 446 g/mol. The number of hydrogen-bond acceptors (Lipinski definition) is 5. The zero-order valence-corrected chi connectivity index (χ0v) is 20.5. The first-order chi connectivity index (χ1) is 16.1. The molecule has 1 amide bonds. The van der Waals surface area contributed by atoms with Crippen LogP contribution in [0.3, 0.4) is 0 Å². The molecular formula is C27H25N3OS2. The largest absolute Gasteiger partial charge is 0.334 e. The number of thioether (sulfide) groups is 2. The summed E-state index contributed by atoms with van der Waals surface area (Å²) in [6.07, 6.45) is 0. The van der Waals surface area contributed by atoms with E-state index in [1.807, 2.05) is 61.5 Å². The van der Waals surface area contributed by atoms with E-state index in [-0.39, 0.29) is 11.9 Å². The lowest BCUT2D eigenvalue weighted by Crippen LogP contribution is -2.30. The standard InChI is InChI=1S/C27H25N3OS2/c1-4-29-22-15-8-9-16-23(22)32-26(29)24-25(31)30(21-14-10-11-18(2)17-21)27(33-24)28-19(3)20-12-6-5-7-13-20/h5-17,19H,4H2,1-3H3/b26-24-,28-27?.